The van der Waals surface area contributed by atoms with Crippen LogP contribution in [0.2, 0.25) is 0 Å². The molecule has 1 aliphatic carbocycles. The molecule has 4 heteroatoms. The highest BCUT2D eigenvalue weighted by Crippen LogP contribution is 2.45. The Morgan fingerprint density at radius 1 is 1.09 bits per heavy atom. The third-order valence-corrected chi connectivity index (χ3v) is 4.77. The molecule has 2 unspecified atom stereocenters. The molecule has 2 aromatic rings. The summed E-state index contributed by atoms with van der Waals surface area (Å²) in [6, 6.07) is 11.5. The fraction of sp³-hybridized carbons (Fsp3) is 0.368. The van der Waals surface area contributed by atoms with Crippen molar-refractivity contribution >= 4 is 0 Å². The predicted octanol–water partition coefficient (Wildman–Crippen LogP) is 4.91. The SMILES string of the molecule is CC1CCc2ccc(CO)cc2C1c1ccccc1C(F)(F)F. The second kappa shape index (κ2) is 6.00. The Morgan fingerprint density at radius 3 is 2.52 bits per heavy atom. The van der Waals surface area contributed by atoms with Crippen molar-refractivity contribution in [2.24, 2.45) is 5.92 Å². The van der Waals surface area contributed by atoms with Gasteiger partial charge in [0, 0.05) is 5.92 Å². The first-order valence-electron chi connectivity index (χ1n) is 7.80. The van der Waals surface area contributed by atoms with E-state index in [1.54, 1.807) is 12.1 Å². The van der Waals surface area contributed by atoms with Crippen LogP contribution in [0.3, 0.4) is 0 Å². The van der Waals surface area contributed by atoms with Crippen molar-refractivity contribution in [3.63, 3.8) is 0 Å². The Labute approximate surface area is 133 Å². The molecule has 1 aliphatic rings. The van der Waals surface area contributed by atoms with Crippen molar-refractivity contribution in [1.82, 2.24) is 0 Å². The summed E-state index contributed by atoms with van der Waals surface area (Å²) in [4.78, 5) is 0. The van der Waals surface area contributed by atoms with E-state index in [4.69, 9.17) is 0 Å². The molecule has 0 amide bonds. The predicted molar refractivity (Wildman–Crippen MR) is 83.1 cm³/mol. The van der Waals surface area contributed by atoms with Gasteiger partial charge in [0.15, 0.2) is 0 Å². The van der Waals surface area contributed by atoms with E-state index in [9.17, 15) is 18.3 Å². The van der Waals surface area contributed by atoms with Crippen LogP contribution in [0, 0.1) is 5.92 Å². The van der Waals surface area contributed by atoms with Crippen LogP contribution in [0.4, 0.5) is 13.2 Å². The van der Waals surface area contributed by atoms with Crippen LogP contribution in [-0.4, -0.2) is 5.11 Å². The quantitative estimate of drug-likeness (QED) is 0.833. The molecule has 23 heavy (non-hydrogen) atoms. The van der Waals surface area contributed by atoms with Crippen molar-refractivity contribution in [1.29, 1.82) is 0 Å². The molecular formula is C19H19F3O. The first-order chi connectivity index (χ1) is 10.9. The molecule has 0 saturated heterocycles. The van der Waals surface area contributed by atoms with Gasteiger partial charge in [0.1, 0.15) is 0 Å². The van der Waals surface area contributed by atoms with Crippen LogP contribution in [-0.2, 0) is 19.2 Å². The molecule has 0 radical (unpaired) electrons. The van der Waals surface area contributed by atoms with E-state index in [0.717, 1.165) is 35.6 Å². The van der Waals surface area contributed by atoms with E-state index in [-0.39, 0.29) is 18.4 Å². The Bertz CT molecular complexity index is 706. The maximum absolute atomic E-state index is 13.4. The zero-order valence-electron chi connectivity index (χ0n) is 12.9. The maximum atomic E-state index is 13.4. The van der Waals surface area contributed by atoms with Gasteiger partial charge in [-0.25, -0.2) is 0 Å². The summed E-state index contributed by atoms with van der Waals surface area (Å²) in [5.74, 6) is -0.164. The van der Waals surface area contributed by atoms with Crippen molar-refractivity contribution in [3.8, 4) is 0 Å². The normalized spacial score (nSPS) is 21.1. The van der Waals surface area contributed by atoms with E-state index in [1.807, 2.05) is 25.1 Å². The maximum Gasteiger partial charge on any atom is 0.416 e. The Hall–Kier alpha value is -1.81. The van der Waals surface area contributed by atoms with E-state index >= 15 is 0 Å². The van der Waals surface area contributed by atoms with Gasteiger partial charge in [0.05, 0.1) is 12.2 Å². The number of rotatable bonds is 2. The molecule has 1 N–H and O–H groups in total. The molecule has 0 aliphatic heterocycles. The van der Waals surface area contributed by atoms with Crippen molar-refractivity contribution in [2.75, 3.05) is 0 Å². The number of alkyl halides is 3. The van der Waals surface area contributed by atoms with E-state index < -0.39 is 11.7 Å². The first-order valence-corrected chi connectivity index (χ1v) is 7.80. The van der Waals surface area contributed by atoms with Gasteiger partial charge in [-0.05, 0) is 47.1 Å². The van der Waals surface area contributed by atoms with Gasteiger partial charge < -0.3 is 5.11 Å². The second-order valence-corrected chi connectivity index (χ2v) is 6.27. The van der Waals surface area contributed by atoms with Crippen LogP contribution < -0.4 is 0 Å². The van der Waals surface area contributed by atoms with Crippen LogP contribution >= 0.6 is 0 Å². The van der Waals surface area contributed by atoms with Crippen molar-refractivity contribution in [2.45, 2.75) is 38.5 Å². The van der Waals surface area contributed by atoms with Gasteiger partial charge in [-0.1, -0.05) is 43.3 Å². The fourth-order valence-corrected chi connectivity index (χ4v) is 3.62. The number of fused-ring (bicyclic) bond motifs is 1. The third-order valence-electron chi connectivity index (χ3n) is 4.77. The second-order valence-electron chi connectivity index (χ2n) is 6.27. The summed E-state index contributed by atoms with van der Waals surface area (Å²) in [6.45, 7) is 1.90. The number of aliphatic hydroxyl groups excluding tert-OH is 1. The number of aryl methyl sites for hydroxylation is 1. The molecule has 0 spiro atoms. The topological polar surface area (TPSA) is 20.2 Å². The highest BCUT2D eigenvalue weighted by Gasteiger charge is 2.38. The Kier molecular flexibility index (Phi) is 4.19. The largest absolute Gasteiger partial charge is 0.416 e. The fourth-order valence-electron chi connectivity index (χ4n) is 3.62. The molecular weight excluding hydrogens is 301 g/mol. The molecule has 0 aromatic heterocycles. The lowest BCUT2D eigenvalue weighted by Crippen LogP contribution is -2.23. The van der Waals surface area contributed by atoms with Gasteiger partial charge in [-0.15, -0.1) is 0 Å². The zero-order valence-corrected chi connectivity index (χ0v) is 12.9. The summed E-state index contributed by atoms with van der Waals surface area (Å²) in [5, 5.41) is 9.37. The molecule has 0 bridgehead atoms. The summed E-state index contributed by atoms with van der Waals surface area (Å²) in [6.07, 6.45) is -2.63. The van der Waals surface area contributed by atoms with Gasteiger partial charge in [0.25, 0.3) is 0 Å². The van der Waals surface area contributed by atoms with Crippen LogP contribution in [0.25, 0.3) is 0 Å². The molecule has 1 nitrogen and oxygen atoms in total. The third kappa shape index (κ3) is 3.00. The summed E-state index contributed by atoms with van der Waals surface area (Å²) < 4.78 is 40.2. The molecule has 122 valence electrons. The van der Waals surface area contributed by atoms with E-state index in [1.165, 1.54) is 6.07 Å². The van der Waals surface area contributed by atoms with Gasteiger partial charge in [0.2, 0.25) is 0 Å². The lowest BCUT2D eigenvalue weighted by Gasteiger charge is -2.33. The van der Waals surface area contributed by atoms with E-state index in [0.29, 0.717) is 5.56 Å². The van der Waals surface area contributed by atoms with E-state index in [2.05, 4.69) is 0 Å². The lowest BCUT2D eigenvalue weighted by atomic mass is 9.71. The Morgan fingerprint density at radius 2 is 1.83 bits per heavy atom. The zero-order chi connectivity index (χ0) is 16.6. The molecule has 3 rings (SSSR count). The van der Waals surface area contributed by atoms with Gasteiger partial charge in [-0.2, -0.15) is 13.2 Å². The van der Waals surface area contributed by atoms with Gasteiger partial charge in [-0.3, -0.25) is 0 Å². The van der Waals surface area contributed by atoms with Crippen LogP contribution in [0.5, 0.6) is 0 Å². The first kappa shape index (κ1) is 16.1. The minimum atomic E-state index is -4.36. The minimum absolute atomic E-state index is 0.102. The summed E-state index contributed by atoms with van der Waals surface area (Å²) in [5.41, 5.74) is 2.53. The highest BCUT2D eigenvalue weighted by molar-refractivity contribution is 5.46. The highest BCUT2D eigenvalue weighted by atomic mass is 19.4. The van der Waals surface area contributed by atoms with Crippen LogP contribution in [0.15, 0.2) is 42.5 Å². The number of aliphatic hydroxyl groups is 1. The molecule has 0 fully saturated rings. The number of hydrogen-bond donors (Lipinski definition) is 1. The Balaban J connectivity index is 2.18. The average Bonchev–Trinajstić information content (AvgIpc) is 2.53. The smallest absolute Gasteiger partial charge is 0.392 e. The average molecular weight is 320 g/mol. The standard InChI is InChI=1S/C19H19F3O/c1-12-6-8-14-9-7-13(11-23)10-16(14)18(12)15-4-2-3-5-17(15)19(20,21)22/h2-5,7,9-10,12,18,23H,6,8,11H2,1H3. The minimum Gasteiger partial charge on any atom is -0.392 e. The molecule has 0 heterocycles. The molecule has 2 atom stereocenters. The number of benzene rings is 2. The monoisotopic (exact) mass is 320 g/mol. The summed E-state index contributed by atoms with van der Waals surface area (Å²) in [7, 11) is 0. The number of hydrogen-bond acceptors (Lipinski definition) is 1. The molecule has 2 aromatic carbocycles. The van der Waals surface area contributed by atoms with Crippen molar-refractivity contribution < 1.29 is 18.3 Å². The number of halogens is 3. The lowest BCUT2D eigenvalue weighted by molar-refractivity contribution is -0.138. The van der Waals surface area contributed by atoms with Crippen LogP contribution in [0.1, 0.15) is 47.1 Å². The van der Waals surface area contributed by atoms with Gasteiger partial charge >= 0.3 is 6.18 Å². The molecule has 0 saturated carbocycles. The van der Waals surface area contributed by atoms with Crippen molar-refractivity contribution in [3.05, 3.63) is 70.3 Å². The summed E-state index contributed by atoms with van der Waals surface area (Å²) >= 11 is 0.